The number of rotatable bonds is 3. The largest absolute Gasteiger partial charge is 0.451 e. The van der Waals surface area contributed by atoms with Gasteiger partial charge in [0.05, 0.1) is 15.7 Å². The number of aryl methyl sites for hydroxylation is 1. The molecule has 0 atom stereocenters. The average Bonchev–Trinajstić information content (AvgIpc) is 3.03. The highest BCUT2D eigenvalue weighted by Crippen LogP contribution is 2.34. The summed E-state index contributed by atoms with van der Waals surface area (Å²) in [7, 11) is 0. The number of furan rings is 1. The molecule has 2 heterocycles. The van der Waals surface area contributed by atoms with Crippen LogP contribution in [0.5, 0.6) is 0 Å². The third kappa shape index (κ3) is 3.58. The Labute approximate surface area is 162 Å². The van der Waals surface area contributed by atoms with Crippen LogP contribution in [0.2, 0.25) is 10.0 Å². The fraction of sp³-hybridized carbons (Fsp3) is 0.0588. The number of nitrogens with zero attached hydrogens (tertiary/aromatic N) is 1. The average molecular weight is 473 g/mol. The van der Waals surface area contributed by atoms with Gasteiger partial charge >= 0.3 is 0 Å². The maximum absolute atomic E-state index is 12.3. The zero-order chi connectivity index (χ0) is 17.3. The lowest BCUT2D eigenvalue weighted by Crippen LogP contribution is -2.12. The first kappa shape index (κ1) is 17.3. The number of carbonyl (C=O) groups excluding carboxylic acids is 1. The van der Waals surface area contributed by atoms with Crippen molar-refractivity contribution in [2.75, 3.05) is 5.32 Å². The van der Waals surface area contributed by atoms with E-state index in [1.807, 2.05) is 13.0 Å². The molecule has 0 saturated heterocycles. The van der Waals surface area contributed by atoms with Crippen LogP contribution in [0.15, 0.2) is 46.9 Å². The van der Waals surface area contributed by atoms with E-state index >= 15 is 0 Å². The van der Waals surface area contributed by atoms with E-state index < -0.39 is 0 Å². The predicted molar refractivity (Wildman–Crippen MR) is 104 cm³/mol. The van der Waals surface area contributed by atoms with Crippen molar-refractivity contribution in [3.63, 3.8) is 0 Å². The summed E-state index contributed by atoms with van der Waals surface area (Å²) in [5.74, 6) is 0.725. The molecule has 1 amide bonds. The number of hydrogen-bond acceptors (Lipinski definition) is 3. The maximum Gasteiger partial charge on any atom is 0.292 e. The van der Waals surface area contributed by atoms with Crippen LogP contribution in [0.3, 0.4) is 0 Å². The van der Waals surface area contributed by atoms with Gasteiger partial charge in [-0.05, 0) is 65.9 Å². The van der Waals surface area contributed by atoms with Crippen molar-refractivity contribution < 1.29 is 9.21 Å². The summed E-state index contributed by atoms with van der Waals surface area (Å²) in [6.45, 7) is 1.88. The number of anilines is 1. The van der Waals surface area contributed by atoms with Gasteiger partial charge in [0, 0.05) is 9.13 Å². The molecule has 3 aromatic rings. The van der Waals surface area contributed by atoms with E-state index in [2.05, 4.69) is 32.9 Å². The number of benzene rings is 1. The Kier molecular flexibility index (Phi) is 5.12. The maximum atomic E-state index is 12.3. The zero-order valence-corrected chi connectivity index (χ0v) is 16.1. The molecule has 0 aliphatic heterocycles. The van der Waals surface area contributed by atoms with E-state index in [4.69, 9.17) is 27.6 Å². The van der Waals surface area contributed by atoms with Crippen LogP contribution in [0, 0.1) is 10.5 Å². The number of carbonyl (C=O) groups is 1. The van der Waals surface area contributed by atoms with Crippen LogP contribution in [-0.4, -0.2) is 10.9 Å². The van der Waals surface area contributed by atoms with E-state index in [9.17, 15) is 4.79 Å². The molecule has 0 radical (unpaired) electrons. The summed E-state index contributed by atoms with van der Waals surface area (Å²) in [5, 5.41) is 3.52. The van der Waals surface area contributed by atoms with Crippen LogP contribution >= 0.6 is 45.8 Å². The van der Waals surface area contributed by atoms with Crippen molar-refractivity contribution in [1.82, 2.24) is 4.98 Å². The fourth-order valence-corrected chi connectivity index (χ4v) is 2.78. The number of aromatic nitrogens is 1. The Morgan fingerprint density at radius 2 is 1.96 bits per heavy atom. The third-order valence-corrected chi connectivity index (χ3v) is 5.27. The Balaban J connectivity index is 1.83. The molecule has 0 aliphatic rings. The van der Waals surface area contributed by atoms with Crippen LogP contribution < -0.4 is 5.32 Å². The van der Waals surface area contributed by atoms with Gasteiger partial charge in [0.25, 0.3) is 5.91 Å². The van der Waals surface area contributed by atoms with Crippen LogP contribution in [0.1, 0.15) is 16.2 Å². The van der Waals surface area contributed by atoms with Gasteiger partial charge in [-0.1, -0.05) is 29.3 Å². The van der Waals surface area contributed by atoms with Gasteiger partial charge in [0.15, 0.2) is 5.76 Å². The highest BCUT2D eigenvalue weighted by atomic mass is 127. The summed E-state index contributed by atoms with van der Waals surface area (Å²) in [4.78, 5) is 16.6. The Hall–Kier alpha value is -1.57. The molecule has 0 saturated carbocycles. The predicted octanol–water partition coefficient (Wildman–Crippen LogP) is 5.81. The molecule has 0 aliphatic carbocycles. The lowest BCUT2D eigenvalue weighted by atomic mass is 10.2. The van der Waals surface area contributed by atoms with E-state index in [-0.39, 0.29) is 11.7 Å². The monoisotopic (exact) mass is 472 g/mol. The van der Waals surface area contributed by atoms with E-state index in [0.29, 0.717) is 27.2 Å². The molecule has 2 aromatic heterocycles. The highest BCUT2D eigenvalue weighted by Gasteiger charge is 2.15. The smallest absolute Gasteiger partial charge is 0.292 e. The molecule has 0 unspecified atom stereocenters. The van der Waals surface area contributed by atoms with Crippen molar-refractivity contribution in [3.05, 3.63) is 67.5 Å². The van der Waals surface area contributed by atoms with Crippen LogP contribution in [-0.2, 0) is 0 Å². The second kappa shape index (κ2) is 7.13. The van der Waals surface area contributed by atoms with Crippen molar-refractivity contribution in [2.24, 2.45) is 0 Å². The van der Waals surface area contributed by atoms with Gasteiger partial charge in [-0.25, -0.2) is 4.98 Å². The molecular weight excluding hydrogens is 462 g/mol. The topological polar surface area (TPSA) is 55.1 Å². The molecular formula is C17H11Cl2IN2O2. The Bertz CT molecular complexity index is 925. The van der Waals surface area contributed by atoms with Gasteiger partial charge in [-0.15, -0.1) is 0 Å². The minimum absolute atomic E-state index is 0.166. The normalized spacial score (nSPS) is 10.7. The summed E-state index contributed by atoms with van der Waals surface area (Å²) in [6.07, 6.45) is 0. The minimum atomic E-state index is -0.382. The van der Waals surface area contributed by atoms with Crippen LogP contribution in [0.4, 0.5) is 5.82 Å². The van der Waals surface area contributed by atoms with Gasteiger partial charge in [-0.3, -0.25) is 4.79 Å². The minimum Gasteiger partial charge on any atom is -0.451 e. The van der Waals surface area contributed by atoms with Crippen molar-refractivity contribution in [2.45, 2.75) is 6.92 Å². The summed E-state index contributed by atoms with van der Waals surface area (Å²) < 4.78 is 6.64. The SMILES string of the molecule is Cc1nc(NC(=O)c2ccc(-c3cccc(Cl)c3Cl)o2)ccc1I. The van der Waals surface area contributed by atoms with Crippen molar-refractivity contribution in [1.29, 1.82) is 0 Å². The Morgan fingerprint density at radius 3 is 2.71 bits per heavy atom. The molecule has 3 rings (SSSR count). The number of nitrogens with one attached hydrogen (secondary N) is 1. The van der Waals surface area contributed by atoms with Gasteiger partial charge in [0.1, 0.15) is 11.6 Å². The lowest BCUT2D eigenvalue weighted by molar-refractivity contribution is 0.0997. The Morgan fingerprint density at radius 1 is 1.17 bits per heavy atom. The molecule has 1 N–H and O–H groups in total. The standard InChI is InChI=1S/C17H11Cl2IN2O2/c1-9-12(20)5-8-15(21-9)22-17(23)14-7-6-13(24-14)10-3-2-4-11(18)16(10)19/h2-8H,1H3,(H,21,22,23). The molecule has 0 bridgehead atoms. The van der Waals surface area contributed by atoms with E-state index in [0.717, 1.165) is 9.26 Å². The number of amides is 1. The quantitative estimate of drug-likeness (QED) is 0.489. The molecule has 1 aromatic carbocycles. The second-order valence-electron chi connectivity index (χ2n) is 4.98. The summed E-state index contributed by atoms with van der Waals surface area (Å²) in [5.41, 5.74) is 1.48. The molecule has 24 heavy (non-hydrogen) atoms. The van der Waals surface area contributed by atoms with Crippen molar-refractivity contribution in [3.8, 4) is 11.3 Å². The number of hydrogen-bond donors (Lipinski definition) is 1. The number of pyridine rings is 1. The fourth-order valence-electron chi connectivity index (χ4n) is 2.09. The van der Waals surface area contributed by atoms with Crippen LogP contribution in [0.25, 0.3) is 11.3 Å². The van der Waals surface area contributed by atoms with Gasteiger partial charge in [-0.2, -0.15) is 0 Å². The molecule has 122 valence electrons. The van der Waals surface area contributed by atoms with Gasteiger partial charge in [0.2, 0.25) is 0 Å². The lowest BCUT2D eigenvalue weighted by Gasteiger charge is -2.05. The molecule has 4 nitrogen and oxygen atoms in total. The number of halogens is 3. The molecule has 7 heteroatoms. The molecule has 0 spiro atoms. The molecule has 0 fully saturated rings. The zero-order valence-electron chi connectivity index (χ0n) is 12.4. The summed E-state index contributed by atoms with van der Waals surface area (Å²) >= 11 is 14.4. The van der Waals surface area contributed by atoms with Crippen molar-refractivity contribution >= 4 is 57.5 Å². The second-order valence-corrected chi connectivity index (χ2v) is 6.93. The first-order chi connectivity index (χ1) is 11.5. The highest BCUT2D eigenvalue weighted by molar-refractivity contribution is 14.1. The van der Waals surface area contributed by atoms with E-state index in [1.54, 1.807) is 36.4 Å². The first-order valence-corrected chi connectivity index (χ1v) is 8.78. The summed E-state index contributed by atoms with van der Waals surface area (Å²) in [6, 6.07) is 12.1. The van der Waals surface area contributed by atoms with Gasteiger partial charge < -0.3 is 9.73 Å². The third-order valence-electron chi connectivity index (χ3n) is 3.31. The first-order valence-electron chi connectivity index (χ1n) is 6.94. The van der Waals surface area contributed by atoms with E-state index in [1.165, 1.54) is 0 Å².